The summed E-state index contributed by atoms with van der Waals surface area (Å²) < 4.78 is 1.79. The molecule has 0 aromatic carbocycles. The molecule has 4 heteroatoms. The molecule has 0 bridgehead atoms. The first-order chi connectivity index (χ1) is 4.46. The van der Waals surface area contributed by atoms with Crippen molar-refractivity contribution >= 4 is 8.45 Å². The van der Waals surface area contributed by atoms with Crippen molar-refractivity contribution < 1.29 is 4.89 Å². The smallest absolute Gasteiger partial charge is 0.00807 e. The summed E-state index contributed by atoms with van der Waals surface area (Å²) in [5.41, 5.74) is 5.27. The van der Waals surface area contributed by atoms with Crippen LogP contribution < -0.4 is 10.4 Å². The van der Waals surface area contributed by atoms with Crippen LogP contribution in [-0.2, 0) is 0 Å². The van der Waals surface area contributed by atoms with E-state index in [9.17, 15) is 4.89 Å². The highest BCUT2D eigenvalue weighted by molar-refractivity contribution is 7.44. The molecule has 10 heavy (non-hydrogen) atoms. The number of rotatable bonds is 3. The fraction of sp³-hybridized carbons (Fsp3) is 1.00. The molecule has 0 fully saturated rings. The molecule has 0 aliphatic heterocycles. The quantitative estimate of drug-likeness (QED) is 0.621. The van der Waals surface area contributed by atoms with E-state index in [-0.39, 0.29) is 12.1 Å². The summed E-state index contributed by atoms with van der Waals surface area (Å²) in [5.74, 6) is 0. The highest BCUT2D eigenvalue weighted by Gasteiger charge is 2.12. The van der Waals surface area contributed by atoms with E-state index in [4.69, 9.17) is 5.50 Å². The SMILES string of the molecule is CC(C)N(C(C)C)P(N)[O-]. The van der Waals surface area contributed by atoms with Crippen LogP contribution in [0.3, 0.4) is 0 Å². The summed E-state index contributed by atoms with van der Waals surface area (Å²) >= 11 is 0. The van der Waals surface area contributed by atoms with Gasteiger partial charge in [0.15, 0.2) is 0 Å². The monoisotopic (exact) mass is 163 g/mol. The van der Waals surface area contributed by atoms with E-state index in [0.29, 0.717) is 0 Å². The standard InChI is InChI=1S/C6H16N2OP/c1-5(2)8(6(3)4)10(7)9/h5-6H,7H2,1-4H3/q-1. The molecule has 0 aliphatic carbocycles. The average molecular weight is 163 g/mol. The Labute approximate surface area is 64.2 Å². The van der Waals surface area contributed by atoms with E-state index in [1.807, 2.05) is 27.7 Å². The molecule has 0 aromatic rings. The van der Waals surface area contributed by atoms with Crippen molar-refractivity contribution in [1.29, 1.82) is 0 Å². The molecule has 0 saturated heterocycles. The molecule has 0 amide bonds. The molecule has 2 N–H and O–H groups in total. The van der Waals surface area contributed by atoms with Crippen LogP contribution in [0, 0.1) is 0 Å². The first-order valence-corrected chi connectivity index (χ1v) is 4.75. The van der Waals surface area contributed by atoms with Gasteiger partial charge in [-0.1, -0.05) is 8.45 Å². The first-order valence-electron chi connectivity index (χ1n) is 3.47. The summed E-state index contributed by atoms with van der Waals surface area (Å²) in [6.07, 6.45) is 0. The zero-order valence-corrected chi connectivity index (χ0v) is 7.93. The maximum absolute atomic E-state index is 10.9. The van der Waals surface area contributed by atoms with E-state index in [1.165, 1.54) is 0 Å². The third-order valence-electron chi connectivity index (χ3n) is 1.29. The molecule has 0 rings (SSSR count). The molecular weight excluding hydrogens is 147 g/mol. The minimum Gasteiger partial charge on any atom is -0.806 e. The van der Waals surface area contributed by atoms with Gasteiger partial charge in [-0.15, -0.1) is 0 Å². The Morgan fingerprint density at radius 1 is 1.20 bits per heavy atom. The molecule has 0 aliphatic rings. The van der Waals surface area contributed by atoms with Crippen LogP contribution in [0.2, 0.25) is 0 Å². The van der Waals surface area contributed by atoms with Gasteiger partial charge >= 0.3 is 0 Å². The minimum atomic E-state index is -1.66. The molecule has 0 aromatic heterocycles. The summed E-state index contributed by atoms with van der Waals surface area (Å²) in [7, 11) is -1.66. The van der Waals surface area contributed by atoms with Crippen molar-refractivity contribution in [2.45, 2.75) is 39.8 Å². The van der Waals surface area contributed by atoms with E-state index < -0.39 is 8.45 Å². The van der Waals surface area contributed by atoms with Crippen LogP contribution in [0.1, 0.15) is 27.7 Å². The third kappa shape index (κ3) is 2.93. The van der Waals surface area contributed by atoms with Gasteiger partial charge in [-0.2, -0.15) is 0 Å². The Hall–Kier alpha value is 0.310. The third-order valence-corrected chi connectivity index (χ3v) is 2.66. The van der Waals surface area contributed by atoms with Gasteiger partial charge in [-0.25, -0.2) is 0 Å². The number of hydrogen-bond donors (Lipinski definition) is 1. The molecule has 1 unspecified atom stereocenters. The van der Waals surface area contributed by atoms with Crippen LogP contribution >= 0.6 is 8.45 Å². The molecule has 3 nitrogen and oxygen atoms in total. The van der Waals surface area contributed by atoms with Gasteiger partial charge in [0, 0.05) is 12.1 Å². The molecule has 0 spiro atoms. The highest BCUT2D eigenvalue weighted by Crippen LogP contribution is 2.26. The predicted molar refractivity (Wildman–Crippen MR) is 43.2 cm³/mol. The topological polar surface area (TPSA) is 52.3 Å². The van der Waals surface area contributed by atoms with Crippen molar-refractivity contribution in [3.63, 3.8) is 0 Å². The van der Waals surface area contributed by atoms with Gasteiger partial charge in [0.25, 0.3) is 0 Å². The molecule has 0 saturated carbocycles. The second kappa shape index (κ2) is 4.24. The van der Waals surface area contributed by atoms with E-state index in [1.54, 1.807) is 4.67 Å². The lowest BCUT2D eigenvalue weighted by Crippen LogP contribution is -2.37. The van der Waals surface area contributed by atoms with Gasteiger partial charge in [0.1, 0.15) is 0 Å². The van der Waals surface area contributed by atoms with Crippen LogP contribution in [0.5, 0.6) is 0 Å². The van der Waals surface area contributed by atoms with E-state index in [2.05, 4.69) is 0 Å². The largest absolute Gasteiger partial charge is 0.806 e. The number of hydrogen-bond acceptors (Lipinski definition) is 3. The van der Waals surface area contributed by atoms with Crippen molar-refractivity contribution in [1.82, 2.24) is 4.67 Å². The Balaban J connectivity index is 3.98. The second-order valence-electron chi connectivity index (χ2n) is 2.87. The van der Waals surface area contributed by atoms with Crippen LogP contribution in [-0.4, -0.2) is 16.8 Å². The second-order valence-corrected chi connectivity index (χ2v) is 3.94. The van der Waals surface area contributed by atoms with Crippen LogP contribution in [0.15, 0.2) is 0 Å². The maximum atomic E-state index is 10.9. The Morgan fingerprint density at radius 3 is 1.50 bits per heavy atom. The van der Waals surface area contributed by atoms with E-state index >= 15 is 0 Å². The van der Waals surface area contributed by atoms with Crippen molar-refractivity contribution in [2.75, 3.05) is 0 Å². The molecule has 0 heterocycles. The number of nitrogens with zero attached hydrogens (tertiary/aromatic N) is 1. The summed E-state index contributed by atoms with van der Waals surface area (Å²) in [4.78, 5) is 10.9. The molecule has 0 radical (unpaired) electrons. The Bertz CT molecular complexity index is 76.7. The lowest BCUT2D eigenvalue weighted by molar-refractivity contribution is -0.173. The van der Waals surface area contributed by atoms with E-state index in [0.717, 1.165) is 0 Å². The van der Waals surface area contributed by atoms with Gasteiger partial charge in [0.2, 0.25) is 0 Å². The zero-order valence-electron chi connectivity index (χ0n) is 7.03. The highest BCUT2D eigenvalue weighted by atomic mass is 31.2. The Morgan fingerprint density at radius 2 is 1.50 bits per heavy atom. The van der Waals surface area contributed by atoms with Crippen molar-refractivity contribution in [3.8, 4) is 0 Å². The summed E-state index contributed by atoms with van der Waals surface area (Å²) in [6.45, 7) is 7.94. The summed E-state index contributed by atoms with van der Waals surface area (Å²) in [6, 6.07) is 0.516. The molecule has 1 atom stereocenters. The van der Waals surface area contributed by atoms with Crippen LogP contribution in [0.25, 0.3) is 0 Å². The fourth-order valence-corrected chi connectivity index (χ4v) is 1.96. The lowest BCUT2D eigenvalue weighted by Gasteiger charge is -2.39. The minimum absolute atomic E-state index is 0.258. The van der Waals surface area contributed by atoms with Gasteiger partial charge in [-0.05, 0) is 27.7 Å². The van der Waals surface area contributed by atoms with Crippen molar-refractivity contribution in [3.05, 3.63) is 0 Å². The molecule has 62 valence electrons. The average Bonchev–Trinajstić information content (AvgIpc) is 1.59. The first kappa shape index (κ1) is 10.3. The predicted octanol–water partition coefficient (Wildman–Crippen LogP) is 0.651. The normalized spacial score (nSPS) is 15.3. The van der Waals surface area contributed by atoms with Crippen molar-refractivity contribution in [2.24, 2.45) is 5.50 Å². The Kier molecular flexibility index (Phi) is 4.37. The lowest BCUT2D eigenvalue weighted by atomic mass is 10.3. The van der Waals surface area contributed by atoms with Gasteiger partial charge in [0.05, 0.1) is 0 Å². The molecular formula is C6H16N2OP-. The van der Waals surface area contributed by atoms with Crippen LogP contribution in [0.4, 0.5) is 0 Å². The fourth-order valence-electron chi connectivity index (χ4n) is 1.05. The van der Waals surface area contributed by atoms with Gasteiger partial charge in [-0.3, -0.25) is 4.67 Å². The maximum Gasteiger partial charge on any atom is 0.00807 e. The zero-order chi connectivity index (χ0) is 8.31. The van der Waals surface area contributed by atoms with Gasteiger partial charge < -0.3 is 10.4 Å². The number of nitrogens with two attached hydrogens (primary N) is 1. The summed E-state index contributed by atoms with van der Waals surface area (Å²) in [5, 5.41) is 0.